The van der Waals surface area contributed by atoms with Crippen LogP contribution in [0.5, 0.6) is 11.5 Å². The maximum atomic E-state index is 9.62. The van der Waals surface area contributed by atoms with Gasteiger partial charge in [-0.25, -0.2) is 4.68 Å². The molecule has 4 aromatic rings. The van der Waals surface area contributed by atoms with E-state index in [1.807, 2.05) is 35.0 Å². The van der Waals surface area contributed by atoms with Crippen LogP contribution in [-0.4, -0.2) is 25.2 Å². The van der Waals surface area contributed by atoms with Crippen LogP contribution in [0.25, 0.3) is 33.3 Å². The van der Waals surface area contributed by atoms with Crippen molar-refractivity contribution in [3.8, 4) is 33.8 Å². The van der Waals surface area contributed by atoms with Gasteiger partial charge in [0, 0.05) is 17.7 Å². The standard InChI is InChI=1S/C22H21N3O2/c1-14(2)13-25-22-20(16-5-9-18(27)10-6-16)12-11-19(21(22)23-24-25)15-3-7-17(26)8-4-15/h3-12,14,26-27H,13H2,1-2H3. The number of aromatic nitrogens is 3. The molecule has 0 bridgehead atoms. The van der Waals surface area contributed by atoms with Crippen LogP contribution in [-0.2, 0) is 6.54 Å². The summed E-state index contributed by atoms with van der Waals surface area (Å²) in [5.74, 6) is 0.906. The molecule has 0 aliphatic heterocycles. The Labute approximate surface area is 157 Å². The van der Waals surface area contributed by atoms with Crippen LogP contribution in [0.2, 0.25) is 0 Å². The first-order valence-electron chi connectivity index (χ1n) is 8.98. The lowest BCUT2D eigenvalue weighted by molar-refractivity contribution is 0.475. The van der Waals surface area contributed by atoms with Gasteiger partial charge in [-0.05, 0) is 41.3 Å². The van der Waals surface area contributed by atoms with E-state index < -0.39 is 0 Å². The van der Waals surface area contributed by atoms with Gasteiger partial charge >= 0.3 is 0 Å². The second-order valence-corrected chi connectivity index (χ2v) is 7.12. The predicted octanol–water partition coefficient (Wildman–Crippen LogP) is 4.83. The zero-order chi connectivity index (χ0) is 19.0. The van der Waals surface area contributed by atoms with Crippen LogP contribution in [0.4, 0.5) is 0 Å². The molecule has 0 aliphatic carbocycles. The molecule has 3 aromatic carbocycles. The minimum atomic E-state index is 0.235. The molecule has 1 heterocycles. The van der Waals surface area contributed by atoms with Gasteiger partial charge in [-0.1, -0.05) is 55.5 Å². The number of benzene rings is 3. The van der Waals surface area contributed by atoms with E-state index in [-0.39, 0.29) is 11.5 Å². The molecule has 5 nitrogen and oxygen atoms in total. The molecule has 0 amide bonds. The summed E-state index contributed by atoms with van der Waals surface area (Å²) >= 11 is 0. The highest BCUT2D eigenvalue weighted by molar-refractivity contribution is 6.00. The number of hydrogen-bond acceptors (Lipinski definition) is 4. The fourth-order valence-electron chi connectivity index (χ4n) is 3.31. The minimum absolute atomic E-state index is 0.235. The first kappa shape index (κ1) is 17.1. The maximum Gasteiger partial charge on any atom is 0.121 e. The van der Waals surface area contributed by atoms with Gasteiger partial charge in [0.2, 0.25) is 0 Å². The highest BCUT2D eigenvalue weighted by Crippen LogP contribution is 2.35. The molecule has 0 saturated carbocycles. The molecule has 27 heavy (non-hydrogen) atoms. The van der Waals surface area contributed by atoms with E-state index in [1.165, 1.54) is 0 Å². The van der Waals surface area contributed by atoms with Gasteiger partial charge in [0.1, 0.15) is 17.0 Å². The summed E-state index contributed by atoms with van der Waals surface area (Å²) < 4.78 is 1.95. The van der Waals surface area contributed by atoms with Crippen LogP contribution in [0, 0.1) is 5.92 Å². The minimum Gasteiger partial charge on any atom is -0.508 e. The van der Waals surface area contributed by atoms with Crippen molar-refractivity contribution >= 4 is 11.0 Å². The third-order valence-corrected chi connectivity index (χ3v) is 4.56. The second kappa shape index (κ2) is 6.76. The van der Waals surface area contributed by atoms with Crippen molar-refractivity contribution in [2.24, 2.45) is 5.92 Å². The fraction of sp³-hybridized carbons (Fsp3) is 0.182. The molecule has 2 N–H and O–H groups in total. The van der Waals surface area contributed by atoms with Crippen molar-refractivity contribution in [1.82, 2.24) is 15.0 Å². The second-order valence-electron chi connectivity index (χ2n) is 7.12. The first-order chi connectivity index (χ1) is 13.0. The largest absolute Gasteiger partial charge is 0.508 e. The first-order valence-corrected chi connectivity index (χ1v) is 8.98. The highest BCUT2D eigenvalue weighted by atomic mass is 16.3. The van der Waals surface area contributed by atoms with E-state index in [9.17, 15) is 10.2 Å². The van der Waals surface area contributed by atoms with E-state index in [1.54, 1.807) is 24.3 Å². The van der Waals surface area contributed by atoms with Gasteiger partial charge in [-0.15, -0.1) is 5.10 Å². The van der Waals surface area contributed by atoms with E-state index in [2.05, 4.69) is 30.2 Å². The molecular formula is C22H21N3O2. The molecule has 0 aliphatic rings. The Hall–Kier alpha value is -3.34. The Morgan fingerprint density at radius 3 is 1.85 bits per heavy atom. The summed E-state index contributed by atoms with van der Waals surface area (Å²) in [5.41, 5.74) is 5.78. The molecule has 0 spiro atoms. The third-order valence-electron chi connectivity index (χ3n) is 4.56. The SMILES string of the molecule is CC(C)Cn1nnc2c(-c3ccc(O)cc3)ccc(-c3ccc(O)cc3)c21. The molecule has 1 aromatic heterocycles. The van der Waals surface area contributed by atoms with Crippen LogP contribution < -0.4 is 0 Å². The van der Waals surface area contributed by atoms with Crippen molar-refractivity contribution in [3.63, 3.8) is 0 Å². The third kappa shape index (κ3) is 3.24. The summed E-state index contributed by atoms with van der Waals surface area (Å²) in [6.45, 7) is 5.07. The topological polar surface area (TPSA) is 71.2 Å². The van der Waals surface area contributed by atoms with Crippen molar-refractivity contribution in [3.05, 3.63) is 60.7 Å². The molecule has 0 atom stereocenters. The highest BCUT2D eigenvalue weighted by Gasteiger charge is 2.17. The lowest BCUT2D eigenvalue weighted by Crippen LogP contribution is -2.06. The van der Waals surface area contributed by atoms with Crippen LogP contribution >= 0.6 is 0 Å². The monoisotopic (exact) mass is 359 g/mol. The van der Waals surface area contributed by atoms with Crippen LogP contribution in [0.15, 0.2) is 60.7 Å². The Bertz CT molecular complexity index is 1080. The Morgan fingerprint density at radius 2 is 1.30 bits per heavy atom. The Kier molecular flexibility index (Phi) is 4.28. The maximum absolute atomic E-state index is 9.62. The number of aromatic hydroxyl groups is 2. The summed E-state index contributed by atoms with van der Waals surface area (Å²) in [6.07, 6.45) is 0. The Morgan fingerprint density at radius 1 is 0.778 bits per heavy atom. The molecule has 0 radical (unpaired) electrons. The molecule has 0 unspecified atom stereocenters. The van der Waals surface area contributed by atoms with Gasteiger partial charge in [-0.3, -0.25) is 0 Å². The zero-order valence-corrected chi connectivity index (χ0v) is 15.3. The molecule has 4 rings (SSSR count). The Balaban J connectivity index is 1.96. The smallest absolute Gasteiger partial charge is 0.121 e. The average molecular weight is 359 g/mol. The number of hydrogen-bond donors (Lipinski definition) is 2. The van der Waals surface area contributed by atoms with Crippen molar-refractivity contribution in [1.29, 1.82) is 0 Å². The summed E-state index contributed by atoms with van der Waals surface area (Å²) in [6, 6.07) is 18.4. The molecule has 0 saturated heterocycles. The molecular weight excluding hydrogens is 338 g/mol. The van der Waals surface area contributed by atoms with Gasteiger partial charge in [0.15, 0.2) is 0 Å². The lowest BCUT2D eigenvalue weighted by atomic mass is 9.97. The number of rotatable bonds is 4. The van der Waals surface area contributed by atoms with Gasteiger partial charge in [0.25, 0.3) is 0 Å². The van der Waals surface area contributed by atoms with Crippen LogP contribution in [0.3, 0.4) is 0 Å². The van der Waals surface area contributed by atoms with Crippen molar-refractivity contribution < 1.29 is 10.2 Å². The number of phenolic OH excluding ortho intramolecular Hbond substituents is 2. The summed E-state index contributed by atoms with van der Waals surface area (Å²) in [4.78, 5) is 0. The van der Waals surface area contributed by atoms with Gasteiger partial charge in [0.05, 0.1) is 5.52 Å². The quantitative estimate of drug-likeness (QED) is 0.547. The van der Waals surface area contributed by atoms with E-state index in [0.29, 0.717) is 5.92 Å². The van der Waals surface area contributed by atoms with E-state index in [4.69, 9.17) is 0 Å². The summed E-state index contributed by atoms with van der Waals surface area (Å²) in [5, 5.41) is 28.1. The number of fused-ring (bicyclic) bond motifs is 1. The molecule has 5 heteroatoms. The molecule has 0 fully saturated rings. The van der Waals surface area contributed by atoms with Gasteiger partial charge < -0.3 is 10.2 Å². The number of phenols is 2. The van der Waals surface area contributed by atoms with E-state index >= 15 is 0 Å². The van der Waals surface area contributed by atoms with Crippen molar-refractivity contribution in [2.75, 3.05) is 0 Å². The van der Waals surface area contributed by atoms with Crippen LogP contribution in [0.1, 0.15) is 13.8 Å². The zero-order valence-electron chi connectivity index (χ0n) is 15.3. The average Bonchev–Trinajstić information content (AvgIpc) is 3.06. The predicted molar refractivity (Wildman–Crippen MR) is 107 cm³/mol. The van der Waals surface area contributed by atoms with E-state index in [0.717, 1.165) is 39.8 Å². The number of nitrogens with zero attached hydrogens (tertiary/aromatic N) is 3. The van der Waals surface area contributed by atoms with Gasteiger partial charge in [-0.2, -0.15) is 0 Å². The normalized spacial score (nSPS) is 11.4. The molecule has 136 valence electrons. The lowest BCUT2D eigenvalue weighted by Gasteiger charge is -2.12. The summed E-state index contributed by atoms with van der Waals surface area (Å²) in [7, 11) is 0. The fourth-order valence-corrected chi connectivity index (χ4v) is 3.31. The van der Waals surface area contributed by atoms with Crippen molar-refractivity contribution in [2.45, 2.75) is 20.4 Å².